The highest BCUT2D eigenvalue weighted by Crippen LogP contribution is 2.33. The maximum absolute atomic E-state index is 12.9. The van der Waals surface area contributed by atoms with Crippen molar-refractivity contribution in [3.63, 3.8) is 0 Å². The first-order chi connectivity index (χ1) is 12.5. The number of halogens is 1. The van der Waals surface area contributed by atoms with Gasteiger partial charge in [0.1, 0.15) is 11.4 Å². The minimum atomic E-state index is -0.248. The van der Waals surface area contributed by atoms with Crippen molar-refractivity contribution in [3.8, 4) is 0 Å². The summed E-state index contributed by atoms with van der Waals surface area (Å²) in [6.45, 7) is 1.94. The number of aryl methyl sites for hydroxylation is 3. The number of fused-ring (bicyclic) bond motifs is 3. The summed E-state index contributed by atoms with van der Waals surface area (Å²) in [5, 5.41) is 3.55. The van der Waals surface area contributed by atoms with Gasteiger partial charge in [-0.3, -0.25) is 14.2 Å². The predicted octanol–water partition coefficient (Wildman–Crippen LogP) is 4.05. The van der Waals surface area contributed by atoms with Crippen LogP contribution in [0.1, 0.15) is 28.8 Å². The SMILES string of the molecule is Cc1ccc(NC(=O)Cn2cnc3sc4c(c3c2=O)CCCC4)c(Br)c1. The quantitative estimate of drug-likeness (QED) is 0.680. The van der Waals surface area contributed by atoms with Crippen LogP contribution in [0, 0.1) is 6.92 Å². The summed E-state index contributed by atoms with van der Waals surface area (Å²) < 4.78 is 2.22. The first-order valence-electron chi connectivity index (χ1n) is 8.58. The lowest BCUT2D eigenvalue weighted by Gasteiger charge is -2.11. The molecule has 0 saturated heterocycles. The largest absolute Gasteiger partial charge is 0.324 e. The van der Waals surface area contributed by atoms with E-state index in [0.29, 0.717) is 11.1 Å². The van der Waals surface area contributed by atoms with Crippen LogP contribution in [0.2, 0.25) is 0 Å². The van der Waals surface area contributed by atoms with E-state index in [1.165, 1.54) is 22.2 Å². The van der Waals surface area contributed by atoms with Crippen LogP contribution < -0.4 is 10.9 Å². The molecule has 3 aromatic rings. The molecule has 1 aliphatic carbocycles. The molecule has 1 N–H and O–H groups in total. The molecule has 5 nitrogen and oxygen atoms in total. The molecule has 0 unspecified atom stereocenters. The molecular formula is C19H18BrN3O2S. The molecule has 0 saturated carbocycles. The highest BCUT2D eigenvalue weighted by Gasteiger charge is 2.20. The third kappa shape index (κ3) is 3.21. The molecule has 7 heteroatoms. The van der Waals surface area contributed by atoms with Gasteiger partial charge in [0.25, 0.3) is 5.56 Å². The Balaban J connectivity index is 1.61. The summed E-state index contributed by atoms with van der Waals surface area (Å²) in [5.41, 5.74) is 2.82. The molecule has 134 valence electrons. The van der Waals surface area contributed by atoms with Crippen LogP contribution in [-0.4, -0.2) is 15.5 Å². The van der Waals surface area contributed by atoms with Gasteiger partial charge in [0, 0.05) is 9.35 Å². The molecule has 4 rings (SSSR count). The van der Waals surface area contributed by atoms with E-state index >= 15 is 0 Å². The number of carbonyl (C=O) groups excluding carboxylic acids is 1. The van der Waals surface area contributed by atoms with Crippen LogP contribution in [0.25, 0.3) is 10.2 Å². The number of aromatic nitrogens is 2. The van der Waals surface area contributed by atoms with Gasteiger partial charge in [0.15, 0.2) is 0 Å². The molecule has 0 fully saturated rings. The van der Waals surface area contributed by atoms with Crippen LogP contribution >= 0.6 is 27.3 Å². The van der Waals surface area contributed by atoms with Gasteiger partial charge in [-0.05, 0) is 71.8 Å². The first kappa shape index (κ1) is 17.4. The summed E-state index contributed by atoms with van der Waals surface area (Å²) in [5.74, 6) is -0.248. The normalized spacial score (nSPS) is 13.6. The number of anilines is 1. The molecule has 0 atom stereocenters. The minimum Gasteiger partial charge on any atom is -0.324 e. The van der Waals surface area contributed by atoms with Crippen molar-refractivity contribution in [1.82, 2.24) is 9.55 Å². The zero-order valence-corrected chi connectivity index (χ0v) is 16.7. The highest BCUT2D eigenvalue weighted by molar-refractivity contribution is 9.10. The van der Waals surface area contributed by atoms with Gasteiger partial charge < -0.3 is 5.32 Å². The van der Waals surface area contributed by atoms with Crippen LogP contribution in [0.4, 0.5) is 5.69 Å². The summed E-state index contributed by atoms with van der Waals surface area (Å²) in [6.07, 6.45) is 5.71. The van der Waals surface area contributed by atoms with Gasteiger partial charge in [-0.2, -0.15) is 0 Å². The number of hydrogen-bond acceptors (Lipinski definition) is 4. The Morgan fingerprint density at radius 3 is 2.96 bits per heavy atom. The molecule has 2 heterocycles. The molecule has 0 spiro atoms. The minimum absolute atomic E-state index is 0.0489. The second kappa shape index (κ2) is 6.96. The van der Waals surface area contributed by atoms with Crippen molar-refractivity contribution in [2.24, 2.45) is 0 Å². The predicted molar refractivity (Wildman–Crippen MR) is 108 cm³/mol. The molecule has 1 aromatic carbocycles. The Labute approximate surface area is 163 Å². The Bertz CT molecular complexity index is 1070. The number of nitrogens with one attached hydrogen (secondary N) is 1. The second-order valence-electron chi connectivity index (χ2n) is 6.60. The molecule has 0 aliphatic heterocycles. The monoisotopic (exact) mass is 431 g/mol. The average molecular weight is 432 g/mol. The fourth-order valence-electron chi connectivity index (χ4n) is 3.36. The lowest BCUT2D eigenvalue weighted by Crippen LogP contribution is -2.28. The van der Waals surface area contributed by atoms with Crippen molar-refractivity contribution < 1.29 is 4.79 Å². The lowest BCUT2D eigenvalue weighted by molar-refractivity contribution is -0.116. The number of benzene rings is 1. The summed E-state index contributed by atoms with van der Waals surface area (Å²) in [7, 11) is 0. The number of amides is 1. The Hall–Kier alpha value is -1.99. The summed E-state index contributed by atoms with van der Waals surface area (Å²) in [4.78, 5) is 31.8. The molecule has 1 aliphatic rings. The maximum atomic E-state index is 12.9. The van der Waals surface area contributed by atoms with E-state index < -0.39 is 0 Å². The smallest absolute Gasteiger partial charge is 0.262 e. The van der Waals surface area contributed by atoms with Crippen molar-refractivity contribution >= 4 is 49.1 Å². The average Bonchev–Trinajstić information content (AvgIpc) is 2.99. The standard InChI is InChI=1S/C19H18BrN3O2S/c1-11-6-7-14(13(20)8-11)22-16(24)9-23-10-21-18-17(19(23)25)12-4-2-3-5-15(12)26-18/h6-8,10H,2-5,9H2,1H3,(H,22,24). The second-order valence-corrected chi connectivity index (χ2v) is 8.54. The van der Waals surface area contributed by atoms with Crippen molar-refractivity contribution in [2.75, 3.05) is 5.32 Å². The highest BCUT2D eigenvalue weighted by atomic mass is 79.9. The third-order valence-corrected chi connectivity index (χ3v) is 6.51. The van der Waals surface area contributed by atoms with E-state index in [4.69, 9.17) is 0 Å². The fourth-order valence-corrected chi connectivity index (χ4v) is 5.17. The first-order valence-corrected chi connectivity index (χ1v) is 10.2. The van der Waals surface area contributed by atoms with E-state index in [9.17, 15) is 9.59 Å². The van der Waals surface area contributed by atoms with Crippen LogP contribution in [0.3, 0.4) is 0 Å². The third-order valence-electron chi connectivity index (χ3n) is 4.65. The van der Waals surface area contributed by atoms with E-state index in [2.05, 4.69) is 26.2 Å². The molecule has 0 radical (unpaired) electrons. The van der Waals surface area contributed by atoms with E-state index in [1.54, 1.807) is 11.3 Å². The molecule has 2 aromatic heterocycles. The van der Waals surface area contributed by atoms with Crippen molar-refractivity contribution in [1.29, 1.82) is 0 Å². The number of hydrogen-bond donors (Lipinski definition) is 1. The van der Waals surface area contributed by atoms with Gasteiger partial charge in [-0.15, -0.1) is 11.3 Å². The number of nitrogens with zero attached hydrogens (tertiary/aromatic N) is 2. The van der Waals surface area contributed by atoms with E-state index in [-0.39, 0.29) is 18.0 Å². The fraction of sp³-hybridized carbons (Fsp3) is 0.316. The molecule has 1 amide bonds. The summed E-state index contributed by atoms with van der Waals surface area (Å²) in [6, 6.07) is 5.71. The van der Waals surface area contributed by atoms with Crippen LogP contribution in [0.5, 0.6) is 0 Å². The Kier molecular flexibility index (Phi) is 4.67. The van der Waals surface area contributed by atoms with Crippen LogP contribution in [0.15, 0.2) is 33.8 Å². The molecule has 26 heavy (non-hydrogen) atoms. The number of rotatable bonds is 3. The van der Waals surface area contributed by atoms with E-state index in [1.807, 2.05) is 25.1 Å². The van der Waals surface area contributed by atoms with Crippen LogP contribution in [-0.2, 0) is 24.2 Å². The van der Waals surface area contributed by atoms with Gasteiger partial charge in [-0.25, -0.2) is 4.98 Å². The van der Waals surface area contributed by atoms with E-state index in [0.717, 1.165) is 39.7 Å². The van der Waals surface area contributed by atoms with Gasteiger partial charge in [0.2, 0.25) is 5.91 Å². The number of thiophene rings is 1. The van der Waals surface area contributed by atoms with Gasteiger partial charge in [-0.1, -0.05) is 6.07 Å². The Morgan fingerprint density at radius 1 is 1.35 bits per heavy atom. The molecular weight excluding hydrogens is 414 g/mol. The molecule has 0 bridgehead atoms. The lowest BCUT2D eigenvalue weighted by atomic mass is 9.97. The number of carbonyl (C=O) groups is 1. The summed E-state index contributed by atoms with van der Waals surface area (Å²) >= 11 is 5.07. The topological polar surface area (TPSA) is 64.0 Å². The maximum Gasteiger partial charge on any atom is 0.262 e. The van der Waals surface area contributed by atoms with Crippen molar-refractivity contribution in [3.05, 3.63) is 55.4 Å². The zero-order valence-electron chi connectivity index (χ0n) is 14.3. The van der Waals surface area contributed by atoms with Gasteiger partial charge >= 0.3 is 0 Å². The van der Waals surface area contributed by atoms with Gasteiger partial charge in [0.05, 0.1) is 17.4 Å². The zero-order chi connectivity index (χ0) is 18.3. The van der Waals surface area contributed by atoms with Crippen molar-refractivity contribution in [2.45, 2.75) is 39.2 Å². The Morgan fingerprint density at radius 2 is 2.15 bits per heavy atom.